The van der Waals surface area contributed by atoms with Gasteiger partial charge in [-0.3, -0.25) is 9.59 Å². The van der Waals surface area contributed by atoms with Crippen molar-refractivity contribution in [2.45, 2.75) is 58.3 Å². The molecular formula is C23H33BrN2O3. The van der Waals surface area contributed by atoms with Gasteiger partial charge in [-0.1, -0.05) is 38.0 Å². The van der Waals surface area contributed by atoms with Crippen LogP contribution in [0.5, 0.6) is 0 Å². The Morgan fingerprint density at radius 2 is 1.72 bits per heavy atom. The first-order valence-electron chi connectivity index (χ1n) is 10.5. The van der Waals surface area contributed by atoms with E-state index in [1.54, 1.807) is 25.3 Å². The molecule has 2 amide bonds. The van der Waals surface area contributed by atoms with Crippen LogP contribution in [0, 0.1) is 5.92 Å². The number of allylic oxidation sites excluding steroid dienone is 5. The third-order valence-electron chi connectivity index (χ3n) is 5.60. The third-order valence-corrected chi connectivity index (χ3v) is 6.59. The summed E-state index contributed by atoms with van der Waals surface area (Å²) in [6.45, 7) is 6.99. The lowest BCUT2D eigenvalue weighted by atomic mass is 9.88. The second-order valence-corrected chi connectivity index (χ2v) is 8.45. The second kappa shape index (κ2) is 12.0. The van der Waals surface area contributed by atoms with Crippen molar-refractivity contribution < 1.29 is 14.3 Å². The summed E-state index contributed by atoms with van der Waals surface area (Å²) >= 11 is 3.58. The van der Waals surface area contributed by atoms with E-state index in [0.717, 1.165) is 63.6 Å². The van der Waals surface area contributed by atoms with Gasteiger partial charge in [0, 0.05) is 24.6 Å². The van der Waals surface area contributed by atoms with Crippen molar-refractivity contribution in [3.05, 3.63) is 46.3 Å². The van der Waals surface area contributed by atoms with Crippen LogP contribution in [-0.4, -0.2) is 36.9 Å². The Morgan fingerprint density at radius 1 is 1.10 bits per heavy atom. The Balaban J connectivity index is 2.37. The van der Waals surface area contributed by atoms with Crippen LogP contribution in [0.4, 0.5) is 0 Å². The largest absolute Gasteiger partial charge is 0.496 e. The quantitative estimate of drug-likeness (QED) is 0.328. The first-order chi connectivity index (χ1) is 14.0. The number of ether oxygens (including phenoxy) is 1. The molecule has 1 heterocycles. The molecule has 0 atom stereocenters. The summed E-state index contributed by atoms with van der Waals surface area (Å²) in [5, 5.41) is 2.97. The molecule has 160 valence electrons. The Morgan fingerprint density at radius 3 is 2.31 bits per heavy atom. The van der Waals surface area contributed by atoms with Crippen LogP contribution < -0.4 is 5.32 Å². The number of carbonyl (C=O) groups is 2. The van der Waals surface area contributed by atoms with Crippen molar-refractivity contribution >= 4 is 27.7 Å². The topological polar surface area (TPSA) is 58.6 Å². The zero-order valence-corrected chi connectivity index (χ0v) is 19.2. The highest BCUT2D eigenvalue weighted by Crippen LogP contribution is 2.28. The molecule has 0 bridgehead atoms. The predicted octanol–water partition coefficient (Wildman–Crippen LogP) is 4.96. The van der Waals surface area contributed by atoms with E-state index in [4.69, 9.17) is 4.74 Å². The van der Waals surface area contributed by atoms with Crippen LogP contribution >= 0.6 is 15.9 Å². The Bertz CT molecular complexity index is 697. The first kappa shape index (κ1) is 23.5. The van der Waals surface area contributed by atoms with Crippen LogP contribution in [-0.2, 0) is 14.3 Å². The molecule has 29 heavy (non-hydrogen) atoms. The number of likely N-dealkylation sites (tertiary alicyclic amines) is 1. The van der Waals surface area contributed by atoms with Gasteiger partial charge in [-0.15, -0.1) is 0 Å². The second-order valence-electron chi connectivity index (χ2n) is 7.65. The normalized spacial score (nSPS) is 20.0. The zero-order chi connectivity index (χ0) is 21.2. The summed E-state index contributed by atoms with van der Waals surface area (Å²) in [5.41, 5.74) is 1.05. The van der Waals surface area contributed by atoms with Gasteiger partial charge in [-0.05, 0) is 61.0 Å². The number of piperidine rings is 1. The summed E-state index contributed by atoms with van der Waals surface area (Å²) in [6.07, 6.45) is 13.4. The van der Waals surface area contributed by atoms with Gasteiger partial charge in [0.2, 0.25) is 5.91 Å². The monoisotopic (exact) mass is 464 g/mol. The van der Waals surface area contributed by atoms with Gasteiger partial charge in [0.15, 0.2) is 0 Å². The van der Waals surface area contributed by atoms with Crippen LogP contribution in [0.3, 0.4) is 0 Å². The number of amides is 2. The Labute approximate surface area is 183 Å². The molecule has 0 radical (unpaired) electrons. The van der Waals surface area contributed by atoms with Crippen molar-refractivity contribution in [2.24, 2.45) is 5.92 Å². The molecule has 1 aliphatic heterocycles. The van der Waals surface area contributed by atoms with E-state index in [2.05, 4.69) is 27.8 Å². The number of carbonyl (C=O) groups excluding carboxylic acids is 2. The van der Waals surface area contributed by atoms with Crippen LogP contribution in [0.15, 0.2) is 46.3 Å². The number of hydrogen-bond donors (Lipinski definition) is 1. The molecule has 0 aromatic carbocycles. The van der Waals surface area contributed by atoms with Crippen LogP contribution in [0.25, 0.3) is 0 Å². The molecule has 0 aromatic rings. The number of rotatable bonds is 7. The van der Waals surface area contributed by atoms with E-state index >= 15 is 0 Å². The van der Waals surface area contributed by atoms with E-state index in [1.807, 2.05) is 11.8 Å². The number of nitrogens with zero attached hydrogens (tertiary/aromatic N) is 1. The van der Waals surface area contributed by atoms with Gasteiger partial charge in [-0.2, -0.15) is 0 Å². The number of methoxy groups -OCH3 is 1. The SMILES string of the molecule is C=C\C=C/C(OC)=C(C)/C(Br)=C(\NC(=O)C1CCCCC1)C(=O)N1CCCCC1. The molecule has 0 unspecified atom stereocenters. The lowest BCUT2D eigenvalue weighted by Crippen LogP contribution is -2.43. The van der Waals surface area contributed by atoms with E-state index in [0.29, 0.717) is 15.9 Å². The molecule has 1 aliphatic carbocycles. The maximum atomic E-state index is 13.3. The van der Waals surface area contributed by atoms with Crippen molar-refractivity contribution in [1.82, 2.24) is 10.2 Å². The third kappa shape index (κ3) is 6.59. The van der Waals surface area contributed by atoms with Crippen molar-refractivity contribution in [3.8, 4) is 0 Å². The summed E-state index contributed by atoms with van der Waals surface area (Å²) in [4.78, 5) is 28.1. The van der Waals surface area contributed by atoms with E-state index in [1.165, 1.54) is 6.42 Å². The molecule has 2 fully saturated rings. The molecule has 0 aromatic heterocycles. The molecule has 1 N–H and O–H groups in total. The van der Waals surface area contributed by atoms with Crippen molar-refractivity contribution in [1.29, 1.82) is 0 Å². The van der Waals surface area contributed by atoms with Crippen molar-refractivity contribution in [3.63, 3.8) is 0 Å². The predicted molar refractivity (Wildman–Crippen MR) is 120 cm³/mol. The molecule has 5 nitrogen and oxygen atoms in total. The lowest BCUT2D eigenvalue weighted by molar-refractivity contribution is -0.131. The maximum Gasteiger partial charge on any atom is 0.271 e. The minimum absolute atomic E-state index is 0.0277. The van der Waals surface area contributed by atoms with Gasteiger partial charge >= 0.3 is 0 Å². The zero-order valence-electron chi connectivity index (χ0n) is 17.6. The standard InChI is InChI=1S/C23H33BrN2O3/c1-4-5-14-19(29-3)17(2)20(24)21(23(28)26-15-10-7-11-16-26)25-22(27)18-12-8-6-9-13-18/h4-5,14,18H,1,6-13,15-16H2,2-3H3,(H,25,27)/b14-5-,19-17-,21-20+. The molecular weight excluding hydrogens is 432 g/mol. The van der Waals surface area contributed by atoms with E-state index in [9.17, 15) is 9.59 Å². The molecule has 6 heteroatoms. The molecule has 1 saturated carbocycles. The summed E-state index contributed by atoms with van der Waals surface area (Å²) < 4.78 is 6.03. The fourth-order valence-corrected chi connectivity index (χ4v) is 4.31. The van der Waals surface area contributed by atoms with Gasteiger partial charge in [0.1, 0.15) is 11.5 Å². The summed E-state index contributed by atoms with van der Waals surface area (Å²) in [7, 11) is 1.58. The summed E-state index contributed by atoms with van der Waals surface area (Å²) in [5.74, 6) is 0.381. The van der Waals surface area contributed by atoms with Crippen LogP contribution in [0.1, 0.15) is 58.3 Å². The summed E-state index contributed by atoms with van der Waals surface area (Å²) in [6, 6.07) is 0. The Hall–Kier alpha value is -1.82. The van der Waals surface area contributed by atoms with Gasteiger partial charge in [0.05, 0.1) is 11.6 Å². The molecule has 0 spiro atoms. The van der Waals surface area contributed by atoms with E-state index in [-0.39, 0.29) is 17.7 Å². The smallest absolute Gasteiger partial charge is 0.271 e. The van der Waals surface area contributed by atoms with Gasteiger partial charge in [-0.25, -0.2) is 0 Å². The number of hydrogen-bond acceptors (Lipinski definition) is 3. The molecule has 2 aliphatic rings. The highest BCUT2D eigenvalue weighted by atomic mass is 79.9. The Kier molecular flexibility index (Phi) is 9.71. The highest BCUT2D eigenvalue weighted by Gasteiger charge is 2.28. The minimum atomic E-state index is -0.136. The van der Waals surface area contributed by atoms with E-state index < -0.39 is 0 Å². The number of halogens is 1. The fourth-order valence-electron chi connectivity index (χ4n) is 3.84. The van der Waals surface area contributed by atoms with Gasteiger partial charge < -0.3 is 15.0 Å². The lowest BCUT2D eigenvalue weighted by Gasteiger charge is -2.29. The van der Waals surface area contributed by atoms with Crippen molar-refractivity contribution in [2.75, 3.05) is 20.2 Å². The molecule has 1 saturated heterocycles. The highest BCUT2D eigenvalue weighted by molar-refractivity contribution is 9.12. The molecule has 2 rings (SSSR count). The average molecular weight is 465 g/mol. The van der Waals surface area contributed by atoms with Crippen LogP contribution in [0.2, 0.25) is 0 Å². The fraction of sp³-hybridized carbons (Fsp3) is 0.565. The minimum Gasteiger partial charge on any atom is -0.496 e. The van der Waals surface area contributed by atoms with Gasteiger partial charge in [0.25, 0.3) is 5.91 Å². The number of nitrogens with one attached hydrogen (secondary N) is 1. The maximum absolute atomic E-state index is 13.3. The average Bonchev–Trinajstić information content (AvgIpc) is 2.77. The first-order valence-corrected chi connectivity index (χ1v) is 11.3.